The van der Waals surface area contributed by atoms with E-state index in [0.29, 0.717) is 32.0 Å². The van der Waals surface area contributed by atoms with Crippen LogP contribution in [-0.2, 0) is 6.54 Å². The third-order valence-corrected chi connectivity index (χ3v) is 6.16. The molecular weight excluding hydrogens is 256 g/mol. The van der Waals surface area contributed by atoms with Crippen LogP contribution in [-0.4, -0.2) is 48.6 Å². The van der Waals surface area contributed by atoms with E-state index < -0.39 is 0 Å². The van der Waals surface area contributed by atoms with Crippen molar-refractivity contribution < 1.29 is 0 Å². The lowest BCUT2D eigenvalue weighted by Crippen LogP contribution is -2.72. The van der Waals surface area contributed by atoms with E-state index in [4.69, 9.17) is 0 Å². The standard InChI is InChI=1S/C16H27B2N3/c1-12-13(2)16-19(5)17(3)20(6)18(4)21(16)11-14-9-7-8-10-15(12)14/h7-10,12-13,16H,11H2,1-6H3. The highest BCUT2D eigenvalue weighted by Crippen LogP contribution is 2.39. The molecule has 0 aromatic heterocycles. The van der Waals surface area contributed by atoms with Crippen LogP contribution in [0.25, 0.3) is 0 Å². The summed E-state index contributed by atoms with van der Waals surface area (Å²) in [5.41, 5.74) is 3.04. The van der Waals surface area contributed by atoms with Crippen molar-refractivity contribution in [2.24, 2.45) is 5.92 Å². The van der Waals surface area contributed by atoms with E-state index in [1.54, 1.807) is 0 Å². The fourth-order valence-electron chi connectivity index (χ4n) is 4.27. The van der Waals surface area contributed by atoms with Gasteiger partial charge in [0.2, 0.25) is 0 Å². The third-order valence-electron chi connectivity index (χ3n) is 6.16. The van der Waals surface area contributed by atoms with Gasteiger partial charge >= 0.3 is 0 Å². The van der Waals surface area contributed by atoms with Crippen molar-refractivity contribution in [1.29, 1.82) is 0 Å². The first-order valence-electron chi connectivity index (χ1n) is 8.21. The van der Waals surface area contributed by atoms with E-state index >= 15 is 0 Å². The summed E-state index contributed by atoms with van der Waals surface area (Å²) < 4.78 is 2.47. The molecule has 0 aliphatic carbocycles. The zero-order valence-electron chi connectivity index (χ0n) is 14.2. The fourth-order valence-corrected chi connectivity index (χ4v) is 4.27. The second-order valence-corrected chi connectivity index (χ2v) is 7.03. The summed E-state index contributed by atoms with van der Waals surface area (Å²) in [5, 5.41) is 0. The van der Waals surface area contributed by atoms with Crippen molar-refractivity contribution >= 4 is 14.0 Å². The lowest BCUT2D eigenvalue weighted by molar-refractivity contribution is 0.101. The number of benzene rings is 1. The van der Waals surface area contributed by atoms with Crippen LogP contribution >= 0.6 is 0 Å². The van der Waals surface area contributed by atoms with Gasteiger partial charge in [0.25, 0.3) is 14.0 Å². The number of rotatable bonds is 0. The van der Waals surface area contributed by atoms with Crippen LogP contribution in [0, 0.1) is 5.92 Å². The molecule has 0 amide bonds. The quantitative estimate of drug-likeness (QED) is 0.678. The molecule has 2 aliphatic heterocycles. The van der Waals surface area contributed by atoms with Gasteiger partial charge < -0.3 is 14.3 Å². The Morgan fingerprint density at radius 1 is 1.05 bits per heavy atom. The highest BCUT2D eigenvalue weighted by Gasteiger charge is 2.47. The van der Waals surface area contributed by atoms with Gasteiger partial charge in [-0.25, -0.2) is 0 Å². The van der Waals surface area contributed by atoms with Crippen LogP contribution in [0.1, 0.15) is 30.9 Å². The largest absolute Gasteiger partial charge is 0.359 e. The molecule has 0 bridgehead atoms. The third kappa shape index (κ3) is 2.26. The zero-order valence-corrected chi connectivity index (χ0v) is 14.2. The fraction of sp³-hybridized carbons (Fsp3) is 0.625. The first-order chi connectivity index (χ1) is 9.93. The van der Waals surface area contributed by atoms with Gasteiger partial charge in [-0.3, -0.25) is 0 Å². The molecule has 1 fully saturated rings. The van der Waals surface area contributed by atoms with Gasteiger partial charge in [-0.2, -0.15) is 0 Å². The Balaban J connectivity index is 2.06. The van der Waals surface area contributed by atoms with E-state index in [2.05, 4.69) is 80.2 Å². The Kier molecular flexibility index (Phi) is 3.93. The highest BCUT2D eigenvalue weighted by atomic mass is 15.4. The molecule has 0 N–H and O–H groups in total. The van der Waals surface area contributed by atoms with E-state index in [9.17, 15) is 0 Å². The van der Waals surface area contributed by atoms with Crippen molar-refractivity contribution in [3.63, 3.8) is 0 Å². The molecule has 112 valence electrons. The molecular formula is C16H27B2N3. The van der Waals surface area contributed by atoms with E-state index in [1.807, 2.05) is 0 Å². The summed E-state index contributed by atoms with van der Waals surface area (Å²) >= 11 is 0. The lowest BCUT2D eigenvalue weighted by Gasteiger charge is -2.53. The molecule has 1 saturated heterocycles. The summed E-state index contributed by atoms with van der Waals surface area (Å²) in [6.07, 6.45) is 0.508. The zero-order chi connectivity index (χ0) is 15.3. The summed E-state index contributed by atoms with van der Waals surface area (Å²) in [4.78, 5) is 5.22. The summed E-state index contributed by atoms with van der Waals surface area (Å²) in [6, 6.07) is 9.01. The van der Waals surface area contributed by atoms with Gasteiger partial charge in [0, 0.05) is 12.7 Å². The van der Waals surface area contributed by atoms with E-state index in [1.165, 1.54) is 11.1 Å². The molecule has 3 rings (SSSR count). The maximum atomic E-state index is 2.67. The van der Waals surface area contributed by atoms with Crippen LogP contribution < -0.4 is 0 Å². The maximum absolute atomic E-state index is 2.67. The molecule has 3 unspecified atom stereocenters. The molecule has 2 aliphatic rings. The highest BCUT2D eigenvalue weighted by molar-refractivity contribution is 6.69. The van der Waals surface area contributed by atoms with Gasteiger partial charge in [0.05, 0.1) is 0 Å². The van der Waals surface area contributed by atoms with Crippen molar-refractivity contribution in [3.8, 4) is 0 Å². The van der Waals surface area contributed by atoms with Crippen LogP contribution in [0.4, 0.5) is 0 Å². The second-order valence-electron chi connectivity index (χ2n) is 7.03. The second kappa shape index (κ2) is 5.45. The molecule has 5 heteroatoms. The van der Waals surface area contributed by atoms with Gasteiger partial charge in [-0.05, 0) is 37.1 Å². The van der Waals surface area contributed by atoms with Crippen molar-refractivity contribution in [2.75, 3.05) is 14.1 Å². The van der Waals surface area contributed by atoms with Crippen LogP contribution in [0.2, 0.25) is 13.6 Å². The molecule has 1 aromatic carbocycles. The Labute approximate surface area is 130 Å². The predicted molar refractivity (Wildman–Crippen MR) is 92.1 cm³/mol. The average molecular weight is 283 g/mol. The van der Waals surface area contributed by atoms with Gasteiger partial charge in [-0.1, -0.05) is 51.8 Å². The molecule has 1 aromatic rings. The monoisotopic (exact) mass is 283 g/mol. The summed E-state index contributed by atoms with van der Waals surface area (Å²) in [7, 11) is 4.52. The minimum atomic E-state index is 0.474. The van der Waals surface area contributed by atoms with Gasteiger partial charge in [0.15, 0.2) is 0 Å². The SMILES string of the molecule is CB1N(C)B(C)N2Cc3ccccc3C(C)C(C)C2N1C. The first-order valence-corrected chi connectivity index (χ1v) is 8.21. The number of hydrogen-bond acceptors (Lipinski definition) is 3. The Bertz CT molecular complexity index is 524. The topological polar surface area (TPSA) is 9.72 Å². The maximum Gasteiger partial charge on any atom is 0.298 e. The lowest BCUT2D eigenvalue weighted by atomic mass is 9.56. The number of hydrogen-bond donors (Lipinski definition) is 0. The first kappa shape index (κ1) is 15.1. The molecule has 21 heavy (non-hydrogen) atoms. The minimum absolute atomic E-state index is 0.474. The van der Waals surface area contributed by atoms with Crippen LogP contribution in [0.15, 0.2) is 24.3 Å². The van der Waals surface area contributed by atoms with Crippen LogP contribution in [0.3, 0.4) is 0 Å². The van der Waals surface area contributed by atoms with E-state index in [0.717, 1.165) is 6.54 Å². The Morgan fingerprint density at radius 3 is 2.43 bits per heavy atom. The summed E-state index contributed by atoms with van der Waals surface area (Å²) in [6.45, 7) is 11.5. The van der Waals surface area contributed by atoms with Gasteiger partial charge in [-0.15, -0.1) is 0 Å². The average Bonchev–Trinajstić information content (AvgIpc) is 2.60. The van der Waals surface area contributed by atoms with Gasteiger partial charge in [0.1, 0.15) is 0 Å². The number of fused-ring (bicyclic) bond motifs is 2. The molecule has 0 spiro atoms. The molecule has 3 atom stereocenters. The van der Waals surface area contributed by atoms with Crippen molar-refractivity contribution in [1.82, 2.24) is 14.3 Å². The molecule has 3 nitrogen and oxygen atoms in total. The Morgan fingerprint density at radius 2 is 1.71 bits per heavy atom. The minimum Gasteiger partial charge on any atom is -0.359 e. The normalized spacial score (nSPS) is 31.8. The van der Waals surface area contributed by atoms with Crippen LogP contribution in [0.5, 0.6) is 0 Å². The molecule has 2 heterocycles. The molecule has 0 saturated carbocycles. The van der Waals surface area contributed by atoms with E-state index in [-0.39, 0.29) is 0 Å². The predicted octanol–water partition coefficient (Wildman–Crippen LogP) is 2.68. The smallest absolute Gasteiger partial charge is 0.298 e. The number of nitrogens with zero attached hydrogens (tertiary/aromatic N) is 3. The molecule has 0 radical (unpaired) electrons. The Hall–Kier alpha value is -0.770. The van der Waals surface area contributed by atoms with Crippen molar-refractivity contribution in [2.45, 2.75) is 46.1 Å². The van der Waals surface area contributed by atoms with Crippen molar-refractivity contribution in [3.05, 3.63) is 35.4 Å². The summed E-state index contributed by atoms with van der Waals surface area (Å²) in [5.74, 6) is 1.22.